The van der Waals surface area contributed by atoms with E-state index in [1.54, 1.807) is 19.1 Å². The van der Waals surface area contributed by atoms with Gasteiger partial charge in [0.1, 0.15) is 17.2 Å². The van der Waals surface area contributed by atoms with Crippen molar-refractivity contribution in [2.24, 2.45) is 0 Å². The summed E-state index contributed by atoms with van der Waals surface area (Å²) < 4.78 is 50.5. The molecule has 0 aliphatic carbocycles. The number of carboxylic acids is 1. The lowest BCUT2D eigenvalue weighted by Crippen LogP contribution is -2.29. The number of para-hydroxylation sites is 1. The van der Waals surface area contributed by atoms with Crippen molar-refractivity contribution in [2.45, 2.75) is 25.6 Å². The number of rotatable bonds is 8. The average Bonchev–Trinajstić information content (AvgIpc) is 3.34. The maximum atomic E-state index is 12.9. The van der Waals surface area contributed by atoms with Gasteiger partial charge in [-0.2, -0.15) is 13.2 Å². The van der Waals surface area contributed by atoms with Crippen LogP contribution >= 0.6 is 0 Å². The van der Waals surface area contributed by atoms with E-state index in [1.807, 2.05) is 66.7 Å². The molecule has 0 amide bonds. The van der Waals surface area contributed by atoms with Gasteiger partial charge in [0.15, 0.2) is 6.10 Å². The van der Waals surface area contributed by atoms with Crippen LogP contribution in [-0.2, 0) is 17.4 Å². The molecule has 5 nitrogen and oxygen atoms in total. The van der Waals surface area contributed by atoms with Crippen molar-refractivity contribution in [3.8, 4) is 39.6 Å². The Morgan fingerprint density at radius 3 is 2.10 bits per heavy atom. The maximum absolute atomic E-state index is 12.9. The fourth-order valence-electron chi connectivity index (χ4n) is 4.37. The number of aryl methyl sites for hydroxylation is 1. The first-order valence-corrected chi connectivity index (χ1v) is 12.5. The number of hydrogen-bond donors (Lipinski definition) is 1. The summed E-state index contributed by atoms with van der Waals surface area (Å²) in [6.07, 6.45) is -5.27. The number of aromatic nitrogens is 1. The van der Waals surface area contributed by atoms with Gasteiger partial charge in [0.25, 0.3) is 0 Å². The highest BCUT2D eigenvalue weighted by Crippen LogP contribution is 2.35. The van der Waals surface area contributed by atoms with E-state index >= 15 is 0 Å². The standard InChI is InChI=1S/C32H24F3NO4/c1-20-29(36-30(39-20)24-15-17-25(18-16-24)32(33,34)35)23-13-11-22(12-14-23)26-9-5-6-10-27(26)40-28(31(37)38)19-21-7-3-2-4-8-21/h2-18,28H,19H2,1H3,(H,37,38). The molecular formula is C32H24F3NO4. The monoisotopic (exact) mass is 543 g/mol. The summed E-state index contributed by atoms with van der Waals surface area (Å²) in [6, 6.07) is 28.6. The summed E-state index contributed by atoms with van der Waals surface area (Å²) in [5.41, 5.74) is 3.43. The molecule has 5 rings (SSSR count). The van der Waals surface area contributed by atoms with Crippen LogP contribution in [0, 0.1) is 6.92 Å². The Labute approximate surface area is 228 Å². The van der Waals surface area contributed by atoms with E-state index in [0.29, 0.717) is 22.8 Å². The summed E-state index contributed by atoms with van der Waals surface area (Å²) in [5, 5.41) is 9.79. The third kappa shape index (κ3) is 5.91. The van der Waals surface area contributed by atoms with Gasteiger partial charge in [-0.05, 0) is 48.4 Å². The maximum Gasteiger partial charge on any atom is 0.416 e. The number of benzene rings is 4. The Morgan fingerprint density at radius 2 is 1.45 bits per heavy atom. The number of halogens is 3. The molecular weight excluding hydrogens is 519 g/mol. The Bertz CT molecular complexity index is 1610. The Hall–Kier alpha value is -4.85. The van der Waals surface area contributed by atoms with Crippen molar-refractivity contribution in [1.29, 1.82) is 0 Å². The van der Waals surface area contributed by atoms with E-state index in [-0.39, 0.29) is 12.3 Å². The van der Waals surface area contributed by atoms with Crippen LogP contribution in [-0.4, -0.2) is 22.2 Å². The van der Waals surface area contributed by atoms with E-state index in [9.17, 15) is 23.1 Å². The van der Waals surface area contributed by atoms with Crippen LogP contribution in [0.5, 0.6) is 5.75 Å². The molecule has 8 heteroatoms. The SMILES string of the molecule is Cc1oc(-c2ccc(C(F)(F)F)cc2)nc1-c1ccc(-c2ccccc2OC(Cc2ccccc2)C(=O)O)cc1. The van der Waals surface area contributed by atoms with Gasteiger partial charge in [0.05, 0.1) is 5.56 Å². The number of oxazole rings is 1. The molecule has 1 atom stereocenters. The number of carbonyl (C=O) groups is 1. The smallest absolute Gasteiger partial charge is 0.416 e. The molecule has 0 aliphatic heterocycles. The third-order valence-electron chi connectivity index (χ3n) is 6.42. The second-order valence-electron chi connectivity index (χ2n) is 9.21. The van der Waals surface area contributed by atoms with E-state index in [0.717, 1.165) is 34.4 Å². The van der Waals surface area contributed by atoms with Crippen LogP contribution in [0.15, 0.2) is 108 Å². The molecule has 40 heavy (non-hydrogen) atoms. The number of carboxylic acid groups (broad SMARTS) is 1. The topological polar surface area (TPSA) is 72.6 Å². The molecule has 5 aromatic rings. The first kappa shape index (κ1) is 26.7. The van der Waals surface area contributed by atoms with Gasteiger partial charge >= 0.3 is 12.1 Å². The zero-order valence-electron chi connectivity index (χ0n) is 21.4. The molecule has 0 saturated heterocycles. The first-order valence-electron chi connectivity index (χ1n) is 12.5. The molecule has 0 radical (unpaired) electrons. The molecule has 1 unspecified atom stereocenters. The van der Waals surface area contributed by atoms with Crippen LogP contribution in [0.1, 0.15) is 16.9 Å². The predicted molar refractivity (Wildman–Crippen MR) is 145 cm³/mol. The molecule has 0 spiro atoms. The quantitative estimate of drug-likeness (QED) is 0.214. The van der Waals surface area contributed by atoms with Gasteiger partial charge in [-0.25, -0.2) is 9.78 Å². The van der Waals surface area contributed by atoms with Crippen molar-refractivity contribution in [2.75, 3.05) is 0 Å². The minimum atomic E-state index is -4.42. The molecule has 1 heterocycles. The summed E-state index contributed by atoms with van der Waals surface area (Å²) in [6.45, 7) is 1.74. The van der Waals surface area contributed by atoms with Crippen LogP contribution in [0.3, 0.4) is 0 Å². The van der Waals surface area contributed by atoms with Crippen LogP contribution in [0.2, 0.25) is 0 Å². The van der Waals surface area contributed by atoms with Crippen LogP contribution in [0.25, 0.3) is 33.8 Å². The van der Waals surface area contributed by atoms with E-state index in [2.05, 4.69) is 4.98 Å². The molecule has 0 aliphatic rings. The number of hydrogen-bond acceptors (Lipinski definition) is 4. The second-order valence-corrected chi connectivity index (χ2v) is 9.21. The normalized spacial score (nSPS) is 12.2. The molecule has 0 saturated carbocycles. The van der Waals surface area contributed by atoms with Gasteiger partial charge in [-0.3, -0.25) is 0 Å². The zero-order chi connectivity index (χ0) is 28.3. The highest BCUT2D eigenvalue weighted by atomic mass is 19.4. The van der Waals surface area contributed by atoms with Crippen LogP contribution < -0.4 is 4.74 Å². The summed E-state index contributed by atoms with van der Waals surface area (Å²) in [5.74, 6) is 0.138. The number of nitrogens with zero attached hydrogens (tertiary/aromatic N) is 1. The summed E-state index contributed by atoms with van der Waals surface area (Å²) >= 11 is 0. The Balaban J connectivity index is 1.38. The summed E-state index contributed by atoms with van der Waals surface area (Å²) in [7, 11) is 0. The fraction of sp³-hybridized carbons (Fsp3) is 0.125. The minimum Gasteiger partial charge on any atom is -0.478 e. The Morgan fingerprint density at radius 1 is 0.850 bits per heavy atom. The lowest BCUT2D eigenvalue weighted by atomic mass is 10.0. The van der Waals surface area contributed by atoms with Gasteiger partial charge in [0.2, 0.25) is 5.89 Å². The molecule has 1 aromatic heterocycles. The zero-order valence-corrected chi connectivity index (χ0v) is 21.4. The van der Waals surface area contributed by atoms with Crippen molar-refractivity contribution in [3.05, 3.63) is 120 Å². The lowest BCUT2D eigenvalue weighted by molar-refractivity contribution is -0.145. The molecule has 202 valence electrons. The molecule has 0 fully saturated rings. The van der Waals surface area contributed by atoms with Gasteiger partial charge in [-0.15, -0.1) is 0 Å². The molecule has 4 aromatic carbocycles. The highest BCUT2D eigenvalue weighted by molar-refractivity contribution is 5.76. The summed E-state index contributed by atoms with van der Waals surface area (Å²) in [4.78, 5) is 16.5. The van der Waals surface area contributed by atoms with E-state index in [1.165, 1.54) is 12.1 Å². The minimum absolute atomic E-state index is 0.218. The number of alkyl halides is 3. The van der Waals surface area contributed by atoms with E-state index < -0.39 is 23.8 Å². The largest absolute Gasteiger partial charge is 0.478 e. The van der Waals surface area contributed by atoms with Crippen molar-refractivity contribution >= 4 is 5.97 Å². The van der Waals surface area contributed by atoms with Gasteiger partial charge in [-0.1, -0.05) is 72.8 Å². The predicted octanol–water partition coefficient (Wildman–Crippen LogP) is 8.08. The van der Waals surface area contributed by atoms with Gasteiger partial charge < -0.3 is 14.3 Å². The molecule has 0 bridgehead atoms. The van der Waals surface area contributed by atoms with E-state index in [4.69, 9.17) is 9.15 Å². The third-order valence-corrected chi connectivity index (χ3v) is 6.42. The lowest BCUT2D eigenvalue weighted by Gasteiger charge is -2.18. The number of ether oxygens (including phenoxy) is 1. The second kappa shape index (κ2) is 11.1. The molecule has 1 N–H and O–H groups in total. The highest BCUT2D eigenvalue weighted by Gasteiger charge is 2.30. The average molecular weight is 544 g/mol. The Kier molecular flexibility index (Phi) is 7.42. The fourth-order valence-corrected chi connectivity index (χ4v) is 4.37. The van der Waals surface area contributed by atoms with Crippen molar-refractivity contribution in [1.82, 2.24) is 4.98 Å². The first-order chi connectivity index (χ1) is 19.2. The van der Waals surface area contributed by atoms with Crippen molar-refractivity contribution in [3.63, 3.8) is 0 Å². The number of aliphatic carboxylic acids is 1. The van der Waals surface area contributed by atoms with Crippen LogP contribution in [0.4, 0.5) is 13.2 Å². The van der Waals surface area contributed by atoms with Crippen molar-refractivity contribution < 1.29 is 32.2 Å². The van der Waals surface area contributed by atoms with Gasteiger partial charge in [0, 0.05) is 23.1 Å².